The number of carbonyl (C=O) groups is 1. The van der Waals surface area contributed by atoms with Gasteiger partial charge in [0, 0.05) is 25.2 Å². The minimum absolute atomic E-state index is 0.111. The third-order valence-corrected chi connectivity index (χ3v) is 4.80. The van der Waals surface area contributed by atoms with Gasteiger partial charge in [0.25, 0.3) is 0 Å². The van der Waals surface area contributed by atoms with E-state index in [1.807, 2.05) is 6.07 Å². The van der Waals surface area contributed by atoms with E-state index in [4.69, 9.17) is 5.73 Å². The second-order valence-corrected chi connectivity index (χ2v) is 6.34. The van der Waals surface area contributed by atoms with Gasteiger partial charge in [0.05, 0.1) is 11.4 Å². The summed E-state index contributed by atoms with van der Waals surface area (Å²) >= 11 is 0. The molecular formula is C17H25N3O. The molecule has 0 bridgehead atoms. The quantitative estimate of drug-likeness (QED) is 0.840. The van der Waals surface area contributed by atoms with E-state index in [-0.39, 0.29) is 5.91 Å². The van der Waals surface area contributed by atoms with E-state index in [9.17, 15) is 4.79 Å². The van der Waals surface area contributed by atoms with Gasteiger partial charge in [0.1, 0.15) is 0 Å². The van der Waals surface area contributed by atoms with Crippen LogP contribution in [-0.2, 0) is 11.2 Å². The van der Waals surface area contributed by atoms with Crippen LogP contribution in [0.5, 0.6) is 0 Å². The normalized spacial score (nSPS) is 19.3. The first-order chi connectivity index (χ1) is 10.2. The van der Waals surface area contributed by atoms with Gasteiger partial charge in [-0.25, -0.2) is 0 Å². The SMILES string of the molecule is CCCC1CCN(c2cc3c(cc2N)CCC(=O)N3)CC1. The molecule has 0 atom stereocenters. The number of carbonyl (C=O) groups excluding carboxylic acids is 1. The number of aryl methyl sites for hydroxylation is 1. The van der Waals surface area contributed by atoms with E-state index < -0.39 is 0 Å². The molecule has 0 radical (unpaired) electrons. The summed E-state index contributed by atoms with van der Waals surface area (Å²) in [7, 11) is 0. The van der Waals surface area contributed by atoms with Crippen molar-refractivity contribution in [3.8, 4) is 0 Å². The first kappa shape index (κ1) is 14.2. The fourth-order valence-corrected chi connectivity index (χ4v) is 3.58. The first-order valence-corrected chi connectivity index (χ1v) is 8.14. The molecule has 0 unspecified atom stereocenters. The van der Waals surface area contributed by atoms with Crippen LogP contribution in [0.3, 0.4) is 0 Å². The number of amides is 1. The third-order valence-electron chi connectivity index (χ3n) is 4.80. The highest BCUT2D eigenvalue weighted by Crippen LogP contribution is 2.35. The summed E-state index contributed by atoms with van der Waals surface area (Å²) in [6.45, 7) is 4.40. The molecule has 1 saturated heterocycles. The molecular weight excluding hydrogens is 262 g/mol. The van der Waals surface area contributed by atoms with Crippen molar-refractivity contribution in [2.75, 3.05) is 29.0 Å². The highest BCUT2D eigenvalue weighted by molar-refractivity contribution is 5.95. The van der Waals surface area contributed by atoms with E-state index in [1.54, 1.807) is 0 Å². The van der Waals surface area contributed by atoms with Gasteiger partial charge >= 0.3 is 0 Å². The average Bonchev–Trinajstić information content (AvgIpc) is 2.48. The highest BCUT2D eigenvalue weighted by Gasteiger charge is 2.23. The molecule has 4 heteroatoms. The van der Waals surface area contributed by atoms with Gasteiger partial charge in [0.2, 0.25) is 5.91 Å². The van der Waals surface area contributed by atoms with Crippen LogP contribution in [0.4, 0.5) is 17.1 Å². The number of piperidine rings is 1. The Labute approximate surface area is 126 Å². The van der Waals surface area contributed by atoms with Crippen LogP contribution in [0.2, 0.25) is 0 Å². The number of anilines is 3. The van der Waals surface area contributed by atoms with Crippen molar-refractivity contribution in [2.45, 2.75) is 45.4 Å². The van der Waals surface area contributed by atoms with Crippen LogP contribution in [0.1, 0.15) is 44.6 Å². The van der Waals surface area contributed by atoms with Crippen LogP contribution in [0, 0.1) is 5.92 Å². The number of nitrogens with zero attached hydrogens (tertiary/aromatic N) is 1. The Bertz CT molecular complexity index is 533. The molecule has 0 spiro atoms. The lowest BCUT2D eigenvalue weighted by Crippen LogP contribution is -2.34. The molecule has 2 aliphatic heterocycles. The number of hydrogen-bond donors (Lipinski definition) is 2. The Morgan fingerprint density at radius 3 is 2.76 bits per heavy atom. The van der Waals surface area contributed by atoms with Crippen molar-refractivity contribution in [3.05, 3.63) is 17.7 Å². The van der Waals surface area contributed by atoms with Crippen LogP contribution in [0.15, 0.2) is 12.1 Å². The van der Waals surface area contributed by atoms with Gasteiger partial charge in [-0.1, -0.05) is 19.8 Å². The number of fused-ring (bicyclic) bond motifs is 1. The molecule has 3 N–H and O–H groups in total. The van der Waals surface area contributed by atoms with Gasteiger partial charge in [-0.15, -0.1) is 0 Å². The molecule has 2 heterocycles. The zero-order chi connectivity index (χ0) is 14.8. The minimum atomic E-state index is 0.111. The zero-order valence-corrected chi connectivity index (χ0v) is 12.8. The monoisotopic (exact) mass is 287 g/mol. The number of benzene rings is 1. The second-order valence-electron chi connectivity index (χ2n) is 6.34. The molecule has 3 rings (SSSR count). The summed E-state index contributed by atoms with van der Waals surface area (Å²) in [6, 6.07) is 4.12. The van der Waals surface area contributed by atoms with E-state index in [0.29, 0.717) is 6.42 Å². The maximum atomic E-state index is 11.6. The van der Waals surface area contributed by atoms with Gasteiger partial charge in [-0.05, 0) is 42.9 Å². The molecule has 1 aromatic carbocycles. The molecule has 114 valence electrons. The number of rotatable bonds is 3. The van der Waals surface area contributed by atoms with Crippen LogP contribution < -0.4 is 16.0 Å². The van der Waals surface area contributed by atoms with Crippen molar-refractivity contribution >= 4 is 23.0 Å². The fourth-order valence-electron chi connectivity index (χ4n) is 3.58. The molecule has 21 heavy (non-hydrogen) atoms. The summed E-state index contributed by atoms with van der Waals surface area (Å²) in [5, 5.41) is 2.97. The lowest BCUT2D eigenvalue weighted by Gasteiger charge is -2.35. The predicted molar refractivity (Wildman–Crippen MR) is 87.7 cm³/mol. The lowest BCUT2D eigenvalue weighted by molar-refractivity contribution is -0.116. The number of nitrogens with two attached hydrogens (primary N) is 1. The fraction of sp³-hybridized carbons (Fsp3) is 0.588. The Morgan fingerprint density at radius 1 is 1.29 bits per heavy atom. The van der Waals surface area contributed by atoms with E-state index >= 15 is 0 Å². The van der Waals surface area contributed by atoms with Gasteiger partial charge in [-0.3, -0.25) is 4.79 Å². The lowest BCUT2D eigenvalue weighted by atomic mass is 9.92. The molecule has 0 saturated carbocycles. The smallest absolute Gasteiger partial charge is 0.224 e. The maximum absolute atomic E-state index is 11.6. The number of nitrogens with one attached hydrogen (secondary N) is 1. The molecule has 1 aromatic rings. The van der Waals surface area contributed by atoms with Crippen molar-refractivity contribution in [1.82, 2.24) is 0 Å². The maximum Gasteiger partial charge on any atom is 0.224 e. The van der Waals surface area contributed by atoms with Gasteiger partial charge in [-0.2, -0.15) is 0 Å². The number of nitrogen functional groups attached to an aromatic ring is 1. The third kappa shape index (κ3) is 2.99. The summed E-state index contributed by atoms with van der Waals surface area (Å²) in [5.74, 6) is 0.977. The Hall–Kier alpha value is -1.71. The summed E-state index contributed by atoms with van der Waals surface area (Å²) in [4.78, 5) is 13.9. The van der Waals surface area contributed by atoms with Crippen LogP contribution in [0.25, 0.3) is 0 Å². The van der Waals surface area contributed by atoms with Crippen LogP contribution >= 0.6 is 0 Å². The molecule has 1 amide bonds. The van der Waals surface area contributed by atoms with Gasteiger partial charge < -0.3 is 16.0 Å². The largest absolute Gasteiger partial charge is 0.397 e. The van der Waals surface area contributed by atoms with E-state index in [0.717, 1.165) is 48.1 Å². The first-order valence-electron chi connectivity index (χ1n) is 8.14. The van der Waals surface area contributed by atoms with Crippen molar-refractivity contribution in [3.63, 3.8) is 0 Å². The highest BCUT2D eigenvalue weighted by atomic mass is 16.1. The van der Waals surface area contributed by atoms with Gasteiger partial charge in [0.15, 0.2) is 0 Å². The summed E-state index contributed by atoms with van der Waals surface area (Å²) in [5.41, 5.74) is 10.3. The molecule has 0 aromatic heterocycles. The summed E-state index contributed by atoms with van der Waals surface area (Å²) in [6.07, 6.45) is 6.47. The topological polar surface area (TPSA) is 58.4 Å². The minimum Gasteiger partial charge on any atom is -0.397 e. The van der Waals surface area contributed by atoms with Crippen molar-refractivity contribution < 1.29 is 4.79 Å². The Kier molecular flexibility index (Phi) is 4.04. The average molecular weight is 287 g/mol. The Balaban J connectivity index is 1.77. The van der Waals surface area contributed by atoms with Crippen molar-refractivity contribution in [1.29, 1.82) is 0 Å². The molecule has 4 nitrogen and oxygen atoms in total. The molecule has 2 aliphatic rings. The zero-order valence-electron chi connectivity index (χ0n) is 12.8. The molecule has 1 fully saturated rings. The van der Waals surface area contributed by atoms with Crippen molar-refractivity contribution in [2.24, 2.45) is 5.92 Å². The second kappa shape index (κ2) is 5.96. The van der Waals surface area contributed by atoms with E-state index in [2.05, 4.69) is 23.2 Å². The van der Waals surface area contributed by atoms with Crippen LogP contribution in [-0.4, -0.2) is 19.0 Å². The standard InChI is InChI=1S/C17H25N3O/c1-2-3-12-6-8-20(9-7-12)16-11-15-13(10-14(16)18)4-5-17(21)19-15/h10-12H,2-9,18H2,1H3,(H,19,21). The molecule has 0 aliphatic carbocycles. The van der Waals surface area contributed by atoms with E-state index in [1.165, 1.54) is 25.7 Å². The number of hydrogen-bond acceptors (Lipinski definition) is 3. The Morgan fingerprint density at radius 2 is 2.05 bits per heavy atom. The summed E-state index contributed by atoms with van der Waals surface area (Å²) < 4.78 is 0. The predicted octanol–water partition coefficient (Wildman–Crippen LogP) is 3.17.